The van der Waals surface area contributed by atoms with Crippen LogP contribution < -0.4 is 10.1 Å². The molecule has 0 aliphatic carbocycles. The second kappa shape index (κ2) is 8.80. The number of amides is 1. The molecule has 140 valence electrons. The highest BCUT2D eigenvalue weighted by molar-refractivity contribution is 5.94. The lowest BCUT2D eigenvalue weighted by molar-refractivity contribution is 0.0674. The molecular formula is C19H26N4O3. The van der Waals surface area contributed by atoms with Crippen molar-refractivity contribution in [1.82, 2.24) is 20.4 Å². The predicted molar refractivity (Wildman–Crippen MR) is 97.0 cm³/mol. The van der Waals surface area contributed by atoms with Crippen LogP contribution in [-0.4, -0.2) is 47.6 Å². The minimum absolute atomic E-state index is 0.0862. The van der Waals surface area contributed by atoms with Crippen LogP contribution in [-0.2, 0) is 13.0 Å². The number of carbonyl (C=O) groups is 1. The number of piperidine rings is 1. The molecule has 1 unspecified atom stereocenters. The van der Waals surface area contributed by atoms with Gasteiger partial charge in [-0.2, -0.15) is 4.98 Å². The number of hydrogen-bond donors (Lipinski definition) is 1. The smallest absolute Gasteiger partial charge is 0.253 e. The highest BCUT2D eigenvalue weighted by atomic mass is 16.5. The zero-order valence-corrected chi connectivity index (χ0v) is 15.4. The number of nitrogens with one attached hydrogen (secondary N) is 1. The average Bonchev–Trinajstić information content (AvgIpc) is 3.15. The van der Waals surface area contributed by atoms with Gasteiger partial charge in [0.1, 0.15) is 5.75 Å². The standard InChI is InChI=1S/C19H26N4O3/c1-3-18-21-17(22-26-18)13-25-16-8-6-15(7-9-16)19(24)23-10-4-5-14(12-23)11-20-2/h6-9,14,20H,3-5,10-13H2,1-2H3. The first-order valence-corrected chi connectivity index (χ1v) is 9.17. The summed E-state index contributed by atoms with van der Waals surface area (Å²) < 4.78 is 10.7. The van der Waals surface area contributed by atoms with E-state index in [1.54, 1.807) is 0 Å². The lowest BCUT2D eigenvalue weighted by atomic mass is 9.97. The van der Waals surface area contributed by atoms with E-state index in [-0.39, 0.29) is 12.5 Å². The Labute approximate surface area is 153 Å². The highest BCUT2D eigenvalue weighted by Crippen LogP contribution is 2.20. The van der Waals surface area contributed by atoms with Crippen LogP contribution in [0.3, 0.4) is 0 Å². The Hall–Kier alpha value is -2.41. The summed E-state index contributed by atoms with van der Waals surface area (Å²) in [5.74, 6) is 2.41. The molecule has 1 aromatic heterocycles. The maximum absolute atomic E-state index is 12.7. The Bertz CT molecular complexity index is 712. The Morgan fingerprint density at radius 2 is 2.19 bits per heavy atom. The topological polar surface area (TPSA) is 80.5 Å². The average molecular weight is 358 g/mol. The Balaban J connectivity index is 1.55. The molecule has 1 fully saturated rings. The van der Waals surface area contributed by atoms with Crippen molar-refractivity contribution in [3.05, 3.63) is 41.5 Å². The van der Waals surface area contributed by atoms with Crippen LogP contribution in [0.1, 0.15) is 41.8 Å². The number of rotatable bonds is 7. The molecule has 7 heteroatoms. The zero-order valence-electron chi connectivity index (χ0n) is 15.4. The van der Waals surface area contributed by atoms with Crippen molar-refractivity contribution >= 4 is 5.91 Å². The number of likely N-dealkylation sites (tertiary alicyclic amines) is 1. The monoisotopic (exact) mass is 358 g/mol. The van der Waals surface area contributed by atoms with Crippen LogP contribution >= 0.6 is 0 Å². The molecule has 3 rings (SSSR count). The Morgan fingerprint density at radius 3 is 2.88 bits per heavy atom. The van der Waals surface area contributed by atoms with Crippen LogP contribution in [0.4, 0.5) is 0 Å². The summed E-state index contributed by atoms with van der Waals surface area (Å²) in [5, 5.41) is 7.06. The Kier molecular flexibility index (Phi) is 6.22. The van der Waals surface area contributed by atoms with E-state index in [1.807, 2.05) is 43.1 Å². The molecule has 0 saturated carbocycles. The molecule has 1 N–H and O–H groups in total. The molecule has 1 aromatic carbocycles. The number of aryl methyl sites for hydroxylation is 1. The summed E-state index contributed by atoms with van der Waals surface area (Å²) in [4.78, 5) is 18.9. The third-order valence-electron chi connectivity index (χ3n) is 4.58. The third kappa shape index (κ3) is 4.60. The fraction of sp³-hybridized carbons (Fsp3) is 0.526. The van der Waals surface area contributed by atoms with Crippen molar-refractivity contribution < 1.29 is 14.1 Å². The fourth-order valence-corrected chi connectivity index (χ4v) is 3.22. The summed E-state index contributed by atoms with van der Waals surface area (Å²) in [6.45, 7) is 4.79. The van der Waals surface area contributed by atoms with Crippen molar-refractivity contribution in [3.63, 3.8) is 0 Å². The number of benzene rings is 1. The van der Waals surface area contributed by atoms with E-state index in [0.717, 1.165) is 26.1 Å². The maximum atomic E-state index is 12.7. The Morgan fingerprint density at radius 1 is 1.38 bits per heavy atom. The van der Waals surface area contributed by atoms with Gasteiger partial charge < -0.3 is 19.5 Å². The van der Waals surface area contributed by atoms with Crippen molar-refractivity contribution in [3.8, 4) is 5.75 Å². The first-order valence-electron chi connectivity index (χ1n) is 9.17. The minimum Gasteiger partial charge on any atom is -0.485 e. The van der Waals surface area contributed by atoms with Gasteiger partial charge in [0.2, 0.25) is 11.7 Å². The number of nitrogens with zero attached hydrogens (tertiary/aromatic N) is 3. The quantitative estimate of drug-likeness (QED) is 0.818. The van der Waals surface area contributed by atoms with Gasteiger partial charge >= 0.3 is 0 Å². The first-order chi connectivity index (χ1) is 12.7. The third-order valence-corrected chi connectivity index (χ3v) is 4.58. The largest absolute Gasteiger partial charge is 0.485 e. The van der Waals surface area contributed by atoms with Crippen LogP contribution in [0.5, 0.6) is 5.75 Å². The normalized spacial score (nSPS) is 17.3. The molecular weight excluding hydrogens is 332 g/mol. The van der Waals surface area contributed by atoms with Gasteiger partial charge in [-0.15, -0.1) is 0 Å². The number of aromatic nitrogens is 2. The van der Waals surface area contributed by atoms with E-state index < -0.39 is 0 Å². The van der Waals surface area contributed by atoms with Gasteiger partial charge in [0, 0.05) is 25.1 Å². The molecule has 26 heavy (non-hydrogen) atoms. The highest BCUT2D eigenvalue weighted by Gasteiger charge is 2.24. The van der Waals surface area contributed by atoms with E-state index in [4.69, 9.17) is 9.26 Å². The molecule has 1 aliphatic rings. The van der Waals surface area contributed by atoms with E-state index in [1.165, 1.54) is 6.42 Å². The fourth-order valence-electron chi connectivity index (χ4n) is 3.22. The molecule has 0 bridgehead atoms. The second-order valence-corrected chi connectivity index (χ2v) is 6.59. The molecule has 0 spiro atoms. The van der Waals surface area contributed by atoms with Crippen molar-refractivity contribution in [2.75, 3.05) is 26.7 Å². The van der Waals surface area contributed by atoms with Gasteiger partial charge in [-0.1, -0.05) is 12.1 Å². The van der Waals surface area contributed by atoms with Gasteiger partial charge in [0.15, 0.2) is 6.61 Å². The summed E-state index contributed by atoms with van der Waals surface area (Å²) in [6.07, 6.45) is 2.94. The molecule has 1 amide bonds. The second-order valence-electron chi connectivity index (χ2n) is 6.59. The summed E-state index contributed by atoms with van der Waals surface area (Å²) in [7, 11) is 1.96. The van der Waals surface area contributed by atoms with Gasteiger partial charge in [-0.25, -0.2) is 0 Å². The van der Waals surface area contributed by atoms with Gasteiger partial charge in [0.05, 0.1) is 0 Å². The molecule has 1 atom stereocenters. The minimum atomic E-state index is 0.0862. The van der Waals surface area contributed by atoms with Crippen molar-refractivity contribution in [2.24, 2.45) is 5.92 Å². The summed E-state index contributed by atoms with van der Waals surface area (Å²) in [5.41, 5.74) is 0.690. The maximum Gasteiger partial charge on any atom is 0.253 e. The zero-order chi connectivity index (χ0) is 18.4. The number of ether oxygens (including phenoxy) is 1. The molecule has 0 radical (unpaired) electrons. The van der Waals surface area contributed by atoms with Crippen LogP contribution in [0.25, 0.3) is 0 Å². The lowest BCUT2D eigenvalue weighted by Gasteiger charge is -2.32. The van der Waals surface area contributed by atoms with Gasteiger partial charge in [-0.05, 0) is 56.6 Å². The summed E-state index contributed by atoms with van der Waals surface area (Å²) >= 11 is 0. The van der Waals surface area contributed by atoms with Gasteiger partial charge in [-0.3, -0.25) is 4.79 Å². The number of hydrogen-bond acceptors (Lipinski definition) is 6. The molecule has 2 heterocycles. The summed E-state index contributed by atoms with van der Waals surface area (Å²) in [6, 6.07) is 7.24. The van der Waals surface area contributed by atoms with Crippen molar-refractivity contribution in [2.45, 2.75) is 32.8 Å². The first kappa shape index (κ1) is 18.4. The number of carbonyl (C=O) groups excluding carboxylic acids is 1. The molecule has 2 aromatic rings. The molecule has 7 nitrogen and oxygen atoms in total. The lowest BCUT2D eigenvalue weighted by Crippen LogP contribution is -2.42. The van der Waals surface area contributed by atoms with E-state index in [2.05, 4.69) is 15.5 Å². The van der Waals surface area contributed by atoms with Crippen LogP contribution in [0.2, 0.25) is 0 Å². The van der Waals surface area contributed by atoms with E-state index >= 15 is 0 Å². The van der Waals surface area contributed by atoms with E-state index in [0.29, 0.717) is 35.4 Å². The van der Waals surface area contributed by atoms with Gasteiger partial charge in [0.25, 0.3) is 5.91 Å². The molecule has 1 saturated heterocycles. The van der Waals surface area contributed by atoms with E-state index in [9.17, 15) is 4.79 Å². The molecule has 1 aliphatic heterocycles. The van der Waals surface area contributed by atoms with Crippen LogP contribution in [0.15, 0.2) is 28.8 Å². The SMILES string of the molecule is CCc1nc(COc2ccc(C(=O)N3CCCC(CNC)C3)cc2)no1. The van der Waals surface area contributed by atoms with Crippen molar-refractivity contribution in [1.29, 1.82) is 0 Å². The van der Waals surface area contributed by atoms with Crippen LogP contribution in [0, 0.1) is 5.92 Å². The predicted octanol–water partition coefficient (Wildman–Crippen LogP) is 2.28.